The smallest absolute Gasteiger partial charge is 0.193 e. The highest BCUT2D eigenvalue weighted by Crippen LogP contribution is 2.45. The molecule has 24 heavy (non-hydrogen) atoms. The molecule has 1 saturated carbocycles. The Morgan fingerprint density at radius 3 is 2.92 bits per heavy atom. The van der Waals surface area contributed by atoms with Crippen molar-refractivity contribution in [1.82, 2.24) is 10.2 Å². The molecule has 0 amide bonds. The molecule has 0 aromatic rings. The molecule has 0 radical (unpaired) electrons. The molecule has 0 aromatic carbocycles. The fraction of sp³-hybridized carbons (Fsp3) is 0.947. The summed E-state index contributed by atoms with van der Waals surface area (Å²) in [6, 6.07) is 0. The molecule has 1 atom stereocenters. The van der Waals surface area contributed by atoms with Gasteiger partial charge in [0.1, 0.15) is 0 Å². The molecular formula is C19H35N3O2. The first-order valence-corrected chi connectivity index (χ1v) is 10.0. The van der Waals surface area contributed by atoms with Gasteiger partial charge in [0.25, 0.3) is 0 Å². The number of guanidine groups is 1. The molecule has 0 aromatic heterocycles. The molecule has 2 aliphatic heterocycles. The number of rotatable bonds is 7. The van der Waals surface area contributed by atoms with Crippen molar-refractivity contribution in [2.24, 2.45) is 10.4 Å². The molecule has 5 nitrogen and oxygen atoms in total. The minimum absolute atomic E-state index is 0.332. The number of likely N-dealkylation sites (tertiary alicyclic amines) is 1. The van der Waals surface area contributed by atoms with Crippen molar-refractivity contribution in [2.45, 2.75) is 64.4 Å². The molecule has 1 unspecified atom stereocenters. The van der Waals surface area contributed by atoms with Crippen LogP contribution < -0.4 is 5.32 Å². The third-order valence-electron chi connectivity index (χ3n) is 5.77. The topological polar surface area (TPSA) is 46.1 Å². The zero-order valence-corrected chi connectivity index (χ0v) is 15.4. The van der Waals surface area contributed by atoms with Crippen molar-refractivity contribution >= 4 is 5.96 Å². The largest absolute Gasteiger partial charge is 0.379 e. The van der Waals surface area contributed by atoms with Crippen LogP contribution in [-0.2, 0) is 9.47 Å². The van der Waals surface area contributed by atoms with Crippen LogP contribution in [0.4, 0.5) is 0 Å². The van der Waals surface area contributed by atoms with Gasteiger partial charge in [-0.2, -0.15) is 0 Å². The molecule has 5 heteroatoms. The van der Waals surface area contributed by atoms with E-state index in [1.54, 1.807) is 0 Å². The van der Waals surface area contributed by atoms with Gasteiger partial charge in [-0.1, -0.05) is 12.8 Å². The summed E-state index contributed by atoms with van der Waals surface area (Å²) in [7, 11) is 0. The highest BCUT2D eigenvalue weighted by atomic mass is 16.5. The minimum Gasteiger partial charge on any atom is -0.379 e. The lowest BCUT2D eigenvalue weighted by Gasteiger charge is -2.26. The second kappa shape index (κ2) is 9.04. The van der Waals surface area contributed by atoms with E-state index in [9.17, 15) is 0 Å². The molecule has 1 aliphatic carbocycles. The normalized spacial score (nSPS) is 26.6. The van der Waals surface area contributed by atoms with Crippen molar-refractivity contribution in [3.8, 4) is 0 Å². The molecule has 0 bridgehead atoms. The van der Waals surface area contributed by atoms with Crippen molar-refractivity contribution < 1.29 is 9.47 Å². The predicted molar refractivity (Wildman–Crippen MR) is 97.5 cm³/mol. The molecule has 138 valence electrons. The van der Waals surface area contributed by atoms with E-state index in [1.165, 1.54) is 51.6 Å². The van der Waals surface area contributed by atoms with E-state index in [4.69, 9.17) is 14.5 Å². The fourth-order valence-corrected chi connectivity index (χ4v) is 4.42. The lowest BCUT2D eigenvalue weighted by atomic mass is 9.86. The molecule has 1 spiro atoms. The fourth-order valence-electron chi connectivity index (χ4n) is 4.42. The zero-order chi connectivity index (χ0) is 16.7. The average Bonchev–Trinajstić information content (AvgIpc) is 3.34. The Balaban J connectivity index is 1.37. The van der Waals surface area contributed by atoms with Crippen LogP contribution in [0, 0.1) is 5.41 Å². The van der Waals surface area contributed by atoms with Crippen molar-refractivity contribution in [3.05, 3.63) is 0 Å². The van der Waals surface area contributed by atoms with Crippen LogP contribution in [0.15, 0.2) is 4.99 Å². The summed E-state index contributed by atoms with van der Waals surface area (Å²) in [6.45, 7) is 8.75. The van der Waals surface area contributed by atoms with Gasteiger partial charge in [-0.15, -0.1) is 0 Å². The maximum absolute atomic E-state index is 5.73. The van der Waals surface area contributed by atoms with E-state index in [0.29, 0.717) is 11.5 Å². The quantitative estimate of drug-likeness (QED) is 0.441. The van der Waals surface area contributed by atoms with Crippen LogP contribution >= 0.6 is 0 Å². The van der Waals surface area contributed by atoms with Crippen LogP contribution in [0.25, 0.3) is 0 Å². The number of hydrogen-bond donors (Lipinski definition) is 1. The van der Waals surface area contributed by atoms with Gasteiger partial charge in [0.15, 0.2) is 5.96 Å². The summed E-state index contributed by atoms with van der Waals surface area (Å²) >= 11 is 0. The van der Waals surface area contributed by atoms with E-state index >= 15 is 0 Å². The molecule has 2 saturated heterocycles. The maximum atomic E-state index is 5.73. The summed E-state index contributed by atoms with van der Waals surface area (Å²) in [6.07, 6.45) is 10.7. The highest BCUT2D eigenvalue weighted by molar-refractivity contribution is 5.80. The van der Waals surface area contributed by atoms with E-state index in [0.717, 1.165) is 51.7 Å². The van der Waals surface area contributed by atoms with E-state index in [2.05, 4.69) is 17.1 Å². The zero-order valence-electron chi connectivity index (χ0n) is 15.4. The minimum atomic E-state index is 0.332. The number of aliphatic imine (C=N–C) groups is 1. The standard InChI is InChI=1S/C19H35N3O2/c1-2-20-18(22-12-10-19(16-22)8-3-4-9-19)21-11-6-13-23-15-17-7-5-14-24-17/h17H,2-16H2,1H3,(H,20,21). The number of hydrogen-bond acceptors (Lipinski definition) is 3. The lowest BCUT2D eigenvalue weighted by molar-refractivity contribution is 0.0170. The number of nitrogens with zero attached hydrogens (tertiary/aromatic N) is 2. The first-order valence-electron chi connectivity index (χ1n) is 10.0. The van der Waals surface area contributed by atoms with E-state index < -0.39 is 0 Å². The van der Waals surface area contributed by atoms with Gasteiger partial charge in [-0.25, -0.2) is 0 Å². The first kappa shape index (κ1) is 18.0. The van der Waals surface area contributed by atoms with Crippen LogP contribution in [-0.4, -0.2) is 63.0 Å². The van der Waals surface area contributed by atoms with Crippen LogP contribution in [0.3, 0.4) is 0 Å². The summed E-state index contributed by atoms with van der Waals surface area (Å²) in [5, 5.41) is 3.48. The number of ether oxygens (including phenoxy) is 2. The van der Waals surface area contributed by atoms with Gasteiger partial charge >= 0.3 is 0 Å². The summed E-state index contributed by atoms with van der Waals surface area (Å²) in [5.41, 5.74) is 0.598. The Morgan fingerprint density at radius 2 is 2.17 bits per heavy atom. The van der Waals surface area contributed by atoms with E-state index in [1.807, 2.05) is 0 Å². The second-order valence-electron chi connectivity index (χ2n) is 7.68. The third-order valence-corrected chi connectivity index (χ3v) is 5.77. The third kappa shape index (κ3) is 4.85. The van der Waals surface area contributed by atoms with Gasteiger partial charge in [0.2, 0.25) is 0 Å². The van der Waals surface area contributed by atoms with Gasteiger partial charge in [0, 0.05) is 39.4 Å². The Bertz CT molecular complexity index is 401. The van der Waals surface area contributed by atoms with Gasteiger partial charge < -0.3 is 19.7 Å². The molecule has 2 heterocycles. The van der Waals surface area contributed by atoms with E-state index in [-0.39, 0.29) is 0 Å². The van der Waals surface area contributed by atoms with Crippen LogP contribution in [0.2, 0.25) is 0 Å². The predicted octanol–water partition coefficient (Wildman–Crippen LogP) is 2.80. The molecule has 1 N–H and O–H groups in total. The molecule has 3 fully saturated rings. The maximum Gasteiger partial charge on any atom is 0.193 e. The van der Waals surface area contributed by atoms with Crippen LogP contribution in [0.1, 0.15) is 58.3 Å². The molecule has 3 rings (SSSR count). The Kier molecular flexibility index (Phi) is 6.78. The van der Waals surface area contributed by atoms with Gasteiger partial charge in [0.05, 0.1) is 12.7 Å². The van der Waals surface area contributed by atoms with Crippen molar-refractivity contribution in [1.29, 1.82) is 0 Å². The summed E-state index contributed by atoms with van der Waals surface area (Å²) < 4.78 is 11.3. The van der Waals surface area contributed by atoms with Crippen molar-refractivity contribution in [3.63, 3.8) is 0 Å². The number of nitrogens with one attached hydrogen (secondary N) is 1. The lowest BCUT2D eigenvalue weighted by Crippen LogP contribution is -2.41. The molecular weight excluding hydrogens is 302 g/mol. The second-order valence-corrected chi connectivity index (χ2v) is 7.68. The van der Waals surface area contributed by atoms with Gasteiger partial charge in [-0.3, -0.25) is 4.99 Å². The monoisotopic (exact) mass is 337 g/mol. The Morgan fingerprint density at radius 1 is 1.29 bits per heavy atom. The highest BCUT2D eigenvalue weighted by Gasteiger charge is 2.41. The Hall–Kier alpha value is -0.810. The van der Waals surface area contributed by atoms with Crippen LogP contribution in [0.5, 0.6) is 0 Å². The summed E-state index contributed by atoms with van der Waals surface area (Å²) in [4.78, 5) is 7.33. The van der Waals surface area contributed by atoms with Gasteiger partial charge in [-0.05, 0) is 50.9 Å². The van der Waals surface area contributed by atoms with Crippen molar-refractivity contribution in [2.75, 3.05) is 46.0 Å². The SMILES string of the molecule is CCNC(=NCCCOCC1CCCO1)N1CCC2(CCCC2)C1. The average molecular weight is 338 g/mol. The first-order chi connectivity index (χ1) is 11.8. The summed E-state index contributed by atoms with van der Waals surface area (Å²) in [5.74, 6) is 1.11. The Labute approximate surface area is 147 Å². The molecule has 3 aliphatic rings.